The summed E-state index contributed by atoms with van der Waals surface area (Å²) in [6.45, 7) is 13.1. The standard InChI is InChI=1S/C15H25N5/c1-6-20-14(7-12(4)18-20)10-19-13(5)17-9-15(19)8-16-11(2)3/h7,9,11,16H,6,8,10H2,1-5H3. The van der Waals surface area contributed by atoms with Gasteiger partial charge in [-0.3, -0.25) is 4.68 Å². The normalized spacial score (nSPS) is 11.5. The summed E-state index contributed by atoms with van der Waals surface area (Å²) in [6, 6.07) is 2.63. The van der Waals surface area contributed by atoms with Gasteiger partial charge in [-0.1, -0.05) is 13.8 Å². The molecule has 0 saturated heterocycles. The van der Waals surface area contributed by atoms with Crippen LogP contribution in [-0.2, 0) is 19.6 Å². The van der Waals surface area contributed by atoms with E-state index in [1.165, 1.54) is 11.4 Å². The Morgan fingerprint density at radius 1 is 1.25 bits per heavy atom. The molecule has 2 aromatic rings. The van der Waals surface area contributed by atoms with Crippen LogP contribution < -0.4 is 5.32 Å². The maximum Gasteiger partial charge on any atom is 0.106 e. The molecule has 0 amide bonds. The van der Waals surface area contributed by atoms with Crippen molar-refractivity contribution in [1.29, 1.82) is 0 Å². The summed E-state index contributed by atoms with van der Waals surface area (Å²) in [7, 11) is 0. The average molecular weight is 275 g/mol. The summed E-state index contributed by atoms with van der Waals surface area (Å²) < 4.78 is 4.33. The summed E-state index contributed by atoms with van der Waals surface area (Å²) in [4.78, 5) is 4.45. The van der Waals surface area contributed by atoms with E-state index in [9.17, 15) is 0 Å². The first-order valence-electron chi connectivity index (χ1n) is 7.29. The van der Waals surface area contributed by atoms with E-state index in [2.05, 4.69) is 58.4 Å². The second-order valence-electron chi connectivity index (χ2n) is 5.51. The third-order valence-electron chi connectivity index (χ3n) is 3.43. The molecular weight excluding hydrogens is 250 g/mol. The first kappa shape index (κ1) is 14.8. The maximum atomic E-state index is 4.51. The van der Waals surface area contributed by atoms with Crippen LogP contribution in [0.5, 0.6) is 0 Å². The fraction of sp³-hybridized carbons (Fsp3) is 0.600. The Morgan fingerprint density at radius 3 is 2.65 bits per heavy atom. The lowest BCUT2D eigenvalue weighted by Gasteiger charge is -2.13. The molecule has 0 unspecified atom stereocenters. The number of imidazole rings is 1. The first-order valence-corrected chi connectivity index (χ1v) is 7.29. The highest BCUT2D eigenvalue weighted by atomic mass is 15.3. The first-order chi connectivity index (χ1) is 9.51. The van der Waals surface area contributed by atoms with E-state index in [-0.39, 0.29) is 0 Å². The zero-order valence-corrected chi connectivity index (χ0v) is 13.1. The van der Waals surface area contributed by atoms with Crippen molar-refractivity contribution in [2.75, 3.05) is 0 Å². The van der Waals surface area contributed by atoms with Crippen LogP contribution in [0, 0.1) is 13.8 Å². The number of hydrogen-bond acceptors (Lipinski definition) is 3. The topological polar surface area (TPSA) is 47.7 Å². The second-order valence-corrected chi connectivity index (χ2v) is 5.51. The predicted octanol–water partition coefficient (Wildman–Crippen LogP) is 2.26. The smallest absolute Gasteiger partial charge is 0.106 e. The molecule has 110 valence electrons. The van der Waals surface area contributed by atoms with Crippen LogP contribution in [0.4, 0.5) is 0 Å². The summed E-state index contributed by atoms with van der Waals surface area (Å²) >= 11 is 0. The maximum absolute atomic E-state index is 4.51. The molecule has 0 bridgehead atoms. The van der Waals surface area contributed by atoms with Crippen LogP contribution in [0.3, 0.4) is 0 Å². The van der Waals surface area contributed by atoms with Crippen molar-refractivity contribution in [2.24, 2.45) is 0 Å². The fourth-order valence-electron chi connectivity index (χ4n) is 2.34. The van der Waals surface area contributed by atoms with Crippen LogP contribution in [0.15, 0.2) is 12.3 Å². The molecule has 2 heterocycles. The Morgan fingerprint density at radius 2 is 2.00 bits per heavy atom. The number of nitrogens with one attached hydrogen (secondary N) is 1. The molecule has 20 heavy (non-hydrogen) atoms. The Balaban J connectivity index is 2.21. The summed E-state index contributed by atoms with van der Waals surface area (Å²) in [5.74, 6) is 1.05. The van der Waals surface area contributed by atoms with E-state index in [0.29, 0.717) is 6.04 Å². The minimum atomic E-state index is 0.474. The number of aryl methyl sites for hydroxylation is 3. The lowest BCUT2D eigenvalue weighted by molar-refractivity contribution is 0.547. The van der Waals surface area contributed by atoms with Crippen molar-refractivity contribution in [3.05, 3.63) is 35.2 Å². The van der Waals surface area contributed by atoms with Gasteiger partial charge in [0.05, 0.1) is 23.6 Å². The van der Waals surface area contributed by atoms with Gasteiger partial charge in [0, 0.05) is 25.3 Å². The minimum Gasteiger partial charge on any atom is -0.325 e. The Hall–Kier alpha value is -1.62. The molecule has 2 rings (SSSR count). The van der Waals surface area contributed by atoms with E-state index < -0.39 is 0 Å². The SMILES string of the molecule is CCn1nc(C)cc1Cn1c(CNC(C)C)cnc1C. The largest absolute Gasteiger partial charge is 0.325 e. The highest BCUT2D eigenvalue weighted by Gasteiger charge is 2.11. The van der Waals surface area contributed by atoms with Crippen molar-refractivity contribution in [3.8, 4) is 0 Å². The summed E-state index contributed by atoms with van der Waals surface area (Å²) in [5.41, 5.74) is 3.52. The van der Waals surface area contributed by atoms with Gasteiger partial charge in [-0.2, -0.15) is 5.10 Å². The van der Waals surface area contributed by atoms with E-state index in [1.807, 2.05) is 13.1 Å². The molecule has 5 nitrogen and oxygen atoms in total. The van der Waals surface area contributed by atoms with Gasteiger partial charge in [0.25, 0.3) is 0 Å². The summed E-state index contributed by atoms with van der Waals surface area (Å²) in [5, 5.41) is 7.96. The molecule has 2 aromatic heterocycles. The molecule has 0 saturated carbocycles. The van der Waals surface area contributed by atoms with Gasteiger partial charge < -0.3 is 9.88 Å². The Labute approximate surface area is 121 Å². The average Bonchev–Trinajstić information content (AvgIpc) is 2.92. The van der Waals surface area contributed by atoms with Crippen molar-refractivity contribution in [1.82, 2.24) is 24.6 Å². The van der Waals surface area contributed by atoms with Gasteiger partial charge in [0.1, 0.15) is 5.82 Å². The highest BCUT2D eigenvalue weighted by molar-refractivity contribution is 5.13. The number of nitrogens with zero attached hydrogens (tertiary/aromatic N) is 4. The molecular formula is C15H25N5. The van der Waals surface area contributed by atoms with Crippen LogP contribution in [0.2, 0.25) is 0 Å². The van der Waals surface area contributed by atoms with Gasteiger partial charge in [-0.15, -0.1) is 0 Å². The molecule has 0 radical (unpaired) electrons. The summed E-state index contributed by atoms with van der Waals surface area (Å²) in [6.07, 6.45) is 1.96. The van der Waals surface area contributed by atoms with Crippen LogP contribution >= 0.6 is 0 Å². The lowest BCUT2D eigenvalue weighted by atomic mass is 10.3. The zero-order chi connectivity index (χ0) is 14.7. The Bertz CT molecular complexity index is 565. The fourth-order valence-corrected chi connectivity index (χ4v) is 2.34. The predicted molar refractivity (Wildman–Crippen MR) is 80.7 cm³/mol. The molecule has 5 heteroatoms. The molecule has 0 aliphatic carbocycles. The van der Waals surface area contributed by atoms with Crippen LogP contribution in [0.25, 0.3) is 0 Å². The zero-order valence-electron chi connectivity index (χ0n) is 13.1. The van der Waals surface area contributed by atoms with Gasteiger partial charge in [0.15, 0.2) is 0 Å². The minimum absolute atomic E-state index is 0.474. The van der Waals surface area contributed by atoms with Gasteiger partial charge in [-0.25, -0.2) is 4.98 Å². The van der Waals surface area contributed by atoms with E-state index in [0.717, 1.165) is 31.2 Å². The van der Waals surface area contributed by atoms with Crippen molar-refractivity contribution in [2.45, 2.75) is 60.3 Å². The van der Waals surface area contributed by atoms with Gasteiger partial charge >= 0.3 is 0 Å². The highest BCUT2D eigenvalue weighted by Crippen LogP contribution is 2.11. The number of aromatic nitrogens is 4. The third kappa shape index (κ3) is 3.28. The molecule has 0 aliphatic heterocycles. The number of rotatable bonds is 6. The monoisotopic (exact) mass is 275 g/mol. The molecule has 0 fully saturated rings. The van der Waals surface area contributed by atoms with E-state index in [1.54, 1.807) is 0 Å². The molecule has 0 aliphatic rings. The molecule has 0 aromatic carbocycles. The molecule has 1 N–H and O–H groups in total. The molecule has 0 atom stereocenters. The lowest BCUT2D eigenvalue weighted by Crippen LogP contribution is -2.24. The van der Waals surface area contributed by atoms with E-state index >= 15 is 0 Å². The quantitative estimate of drug-likeness (QED) is 0.879. The van der Waals surface area contributed by atoms with Gasteiger partial charge in [-0.05, 0) is 26.8 Å². The molecule has 0 spiro atoms. The van der Waals surface area contributed by atoms with Crippen LogP contribution in [-0.4, -0.2) is 25.4 Å². The third-order valence-corrected chi connectivity index (χ3v) is 3.43. The van der Waals surface area contributed by atoms with Crippen molar-refractivity contribution in [3.63, 3.8) is 0 Å². The van der Waals surface area contributed by atoms with Crippen molar-refractivity contribution < 1.29 is 0 Å². The number of hydrogen-bond donors (Lipinski definition) is 1. The van der Waals surface area contributed by atoms with E-state index in [4.69, 9.17) is 0 Å². The van der Waals surface area contributed by atoms with Crippen LogP contribution in [0.1, 0.15) is 43.7 Å². The second kappa shape index (κ2) is 6.22. The van der Waals surface area contributed by atoms with Gasteiger partial charge in [0.2, 0.25) is 0 Å². The Kier molecular flexibility index (Phi) is 4.60. The van der Waals surface area contributed by atoms with Crippen molar-refractivity contribution >= 4 is 0 Å².